The number of benzene rings is 2. The van der Waals surface area contributed by atoms with Crippen molar-refractivity contribution in [2.24, 2.45) is 11.8 Å². The van der Waals surface area contributed by atoms with Gasteiger partial charge >= 0.3 is 11.9 Å². The van der Waals surface area contributed by atoms with Gasteiger partial charge in [-0.1, -0.05) is 0 Å². The molecule has 2 aromatic carbocycles. The first-order chi connectivity index (χ1) is 14.4. The van der Waals surface area contributed by atoms with Crippen molar-refractivity contribution in [2.45, 2.75) is 31.0 Å². The van der Waals surface area contributed by atoms with Gasteiger partial charge in [0.25, 0.3) is 0 Å². The number of fused-ring (bicyclic) bond motifs is 6. The molecule has 156 valence electrons. The van der Waals surface area contributed by atoms with Crippen LogP contribution in [-0.4, -0.2) is 46.1 Å². The Kier molecular flexibility index (Phi) is 4.06. The number of rotatable bonds is 3. The number of aromatic hydroxyl groups is 2. The van der Waals surface area contributed by atoms with Gasteiger partial charge in [0, 0.05) is 23.0 Å². The van der Waals surface area contributed by atoms with Crippen LogP contribution >= 0.6 is 0 Å². The van der Waals surface area contributed by atoms with Gasteiger partial charge < -0.3 is 29.5 Å². The van der Waals surface area contributed by atoms with Gasteiger partial charge in [-0.05, 0) is 43.3 Å². The summed E-state index contributed by atoms with van der Waals surface area (Å²) in [5.41, 5.74) is 1.74. The maximum Gasteiger partial charge on any atom is 0.313 e. The number of phenols is 2. The molecule has 30 heavy (non-hydrogen) atoms. The van der Waals surface area contributed by atoms with E-state index in [0.717, 1.165) is 16.9 Å². The summed E-state index contributed by atoms with van der Waals surface area (Å²) in [6.45, 7) is 2.18. The van der Waals surface area contributed by atoms with Crippen molar-refractivity contribution < 1.29 is 39.1 Å². The van der Waals surface area contributed by atoms with E-state index in [0.29, 0.717) is 12.4 Å². The molecule has 2 aromatic rings. The summed E-state index contributed by atoms with van der Waals surface area (Å²) in [5.74, 6) is 0.208. The van der Waals surface area contributed by atoms with Gasteiger partial charge in [-0.2, -0.15) is 0 Å². The molecule has 0 bridgehead atoms. The molecule has 0 unspecified atom stereocenters. The number of carbonyl (C=O) groups is 2. The fourth-order valence-electron chi connectivity index (χ4n) is 4.51. The van der Waals surface area contributed by atoms with Crippen molar-refractivity contribution in [1.29, 1.82) is 0 Å². The van der Waals surface area contributed by atoms with Crippen molar-refractivity contribution >= 4 is 11.9 Å². The summed E-state index contributed by atoms with van der Waals surface area (Å²) in [6.07, 6.45) is -0.305. The first-order valence-corrected chi connectivity index (χ1v) is 9.79. The average molecular weight is 412 g/mol. The summed E-state index contributed by atoms with van der Waals surface area (Å²) in [7, 11) is 0. The summed E-state index contributed by atoms with van der Waals surface area (Å²) in [6, 6.07) is 9.79. The Morgan fingerprint density at radius 3 is 1.90 bits per heavy atom. The van der Waals surface area contributed by atoms with Crippen molar-refractivity contribution in [1.82, 2.24) is 0 Å². The van der Waals surface area contributed by atoms with Crippen LogP contribution in [0.2, 0.25) is 0 Å². The van der Waals surface area contributed by atoms with E-state index >= 15 is 0 Å². The predicted octanol–water partition coefficient (Wildman–Crippen LogP) is 2.38. The van der Waals surface area contributed by atoms with E-state index < -0.39 is 11.9 Å². The SMILES string of the molecule is CCOC(=O)[C@@H]1[C@H]2Oc3ccc(O)cc3[C@H]21.O=C(O)[C@@H]1[C@H]2Oc3ccc(O)cc3[C@H]21. The molecule has 2 heterocycles. The Morgan fingerprint density at radius 1 is 0.900 bits per heavy atom. The number of carboxylic acids is 1. The number of aliphatic carboxylic acids is 1. The van der Waals surface area contributed by atoms with Gasteiger partial charge in [0.1, 0.15) is 47.0 Å². The van der Waals surface area contributed by atoms with E-state index in [1.54, 1.807) is 43.3 Å². The van der Waals surface area contributed by atoms with Crippen LogP contribution in [0.4, 0.5) is 0 Å². The van der Waals surface area contributed by atoms with Gasteiger partial charge in [0.15, 0.2) is 0 Å². The van der Waals surface area contributed by atoms with Crippen LogP contribution in [-0.2, 0) is 14.3 Å². The van der Waals surface area contributed by atoms with Gasteiger partial charge in [-0.3, -0.25) is 9.59 Å². The lowest BCUT2D eigenvalue weighted by atomic mass is 10.1. The highest BCUT2D eigenvalue weighted by molar-refractivity contribution is 5.81. The Labute approximate surface area is 171 Å². The van der Waals surface area contributed by atoms with Crippen molar-refractivity contribution in [2.75, 3.05) is 6.61 Å². The third kappa shape index (κ3) is 2.82. The highest BCUT2D eigenvalue weighted by Gasteiger charge is 2.64. The molecule has 2 aliphatic heterocycles. The van der Waals surface area contributed by atoms with Crippen LogP contribution < -0.4 is 9.47 Å². The van der Waals surface area contributed by atoms with E-state index in [2.05, 4.69) is 0 Å². The molecule has 8 nitrogen and oxygen atoms in total. The second-order valence-electron chi connectivity index (χ2n) is 7.80. The summed E-state index contributed by atoms with van der Waals surface area (Å²) >= 11 is 0. The minimum atomic E-state index is -0.825. The number of carboxylic acid groups (broad SMARTS) is 1. The molecular weight excluding hydrogens is 392 g/mol. The van der Waals surface area contributed by atoms with Crippen LogP contribution in [0.25, 0.3) is 0 Å². The molecular formula is C22H20O8. The van der Waals surface area contributed by atoms with Gasteiger partial charge in [0.05, 0.1) is 6.61 Å². The van der Waals surface area contributed by atoms with E-state index in [1.165, 1.54) is 0 Å². The molecule has 2 fully saturated rings. The summed E-state index contributed by atoms with van der Waals surface area (Å²) in [4.78, 5) is 22.3. The molecule has 3 N–H and O–H groups in total. The van der Waals surface area contributed by atoms with Crippen LogP contribution in [0.5, 0.6) is 23.0 Å². The second kappa shape index (κ2) is 6.55. The standard InChI is InChI=1S/C12H12O4.C10H8O4/c1-2-15-12(14)10-9-7-5-6(13)3-4-8(7)16-11(9)10;11-4-1-2-6-5(3-4)7-8(10(12)13)9(7)14-6/h3-5,9-11,13H,2H2,1H3;1-3,7-9,11H,(H,12,13)/t9-,10-,11-;7-,8-,9-/m00/s1. The zero-order valence-corrected chi connectivity index (χ0v) is 16.0. The molecule has 0 aromatic heterocycles. The Hall–Kier alpha value is -3.42. The number of phenolic OH excluding ortho intramolecular Hbond substituents is 2. The quantitative estimate of drug-likeness (QED) is 0.657. The Bertz CT molecular complexity index is 1050. The highest BCUT2D eigenvalue weighted by Crippen LogP contribution is 2.59. The predicted molar refractivity (Wildman–Crippen MR) is 102 cm³/mol. The lowest BCUT2D eigenvalue weighted by Gasteiger charge is -2.07. The van der Waals surface area contributed by atoms with Crippen LogP contribution in [0.1, 0.15) is 29.9 Å². The van der Waals surface area contributed by atoms with Crippen molar-refractivity contribution in [3.63, 3.8) is 0 Å². The van der Waals surface area contributed by atoms with Gasteiger partial charge in [-0.15, -0.1) is 0 Å². The number of ether oxygens (including phenoxy) is 3. The largest absolute Gasteiger partial charge is 0.508 e. The number of esters is 1. The van der Waals surface area contributed by atoms with Gasteiger partial charge in [0.2, 0.25) is 0 Å². The first-order valence-electron chi connectivity index (χ1n) is 9.79. The van der Waals surface area contributed by atoms with E-state index in [1.807, 2.05) is 0 Å². The van der Waals surface area contributed by atoms with Crippen LogP contribution in [0, 0.1) is 11.8 Å². The summed E-state index contributed by atoms with van der Waals surface area (Å²) < 4.78 is 16.0. The van der Waals surface area contributed by atoms with E-state index in [-0.39, 0.29) is 47.4 Å². The first kappa shape index (κ1) is 18.6. The molecule has 6 rings (SSSR count). The fraction of sp³-hybridized carbons (Fsp3) is 0.364. The third-order valence-corrected chi connectivity index (χ3v) is 5.98. The van der Waals surface area contributed by atoms with Crippen molar-refractivity contribution in [3.05, 3.63) is 47.5 Å². The molecule has 6 atom stereocenters. The smallest absolute Gasteiger partial charge is 0.313 e. The summed E-state index contributed by atoms with van der Waals surface area (Å²) in [5, 5.41) is 27.5. The van der Waals surface area contributed by atoms with Crippen LogP contribution in [0.3, 0.4) is 0 Å². The maximum absolute atomic E-state index is 11.5. The van der Waals surface area contributed by atoms with E-state index in [4.69, 9.17) is 19.3 Å². The molecule has 2 saturated carbocycles. The molecule has 8 heteroatoms. The van der Waals surface area contributed by atoms with E-state index in [9.17, 15) is 19.8 Å². The topological polar surface area (TPSA) is 123 Å². The zero-order valence-electron chi connectivity index (χ0n) is 16.0. The monoisotopic (exact) mass is 412 g/mol. The molecule has 0 amide bonds. The molecule has 0 spiro atoms. The average Bonchev–Trinajstić information content (AvgIpc) is 3.53. The Morgan fingerprint density at radius 2 is 1.40 bits per heavy atom. The molecule has 4 aliphatic rings. The zero-order chi connectivity index (χ0) is 21.2. The number of hydrogen-bond donors (Lipinski definition) is 3. The van der Waals surface area contributed by atoms with Gasteiger partial charge in [-0.25, -0.2) is 0 Å². The minimum absolute atomic E-state index is 0.0606. The van der Waals surface area contributed by atoms with Crippen molar-refractivity contribution in [3.8, 4) is 23.0 Å². The normalized spacial score (nSPS) is 30.2. The molecule has 0 radical (unpaired) electrons. The molecule has 2 aliphatic carbocycles. The lowest BCUT2D eigenvalue weighted by molar-refractivity contribution is -0.145. The fourth-order valence-corrected chi connectivity index (χ4v) is 4.51. The Balaban J connectivity index is 0.000000130. The highest BCUT2D eigenvalue weighted by atomic mass is 16.5. The third-order valence-electron chi connectivity index (χ3n) is 5.98. The molecule has 0 saturated heterocycles. The lowest BCUT2D eigenvalue weighted by Crippen LogP contribution is -2.13. The minimum Gasteiger partial charge on any atom is -0.508 e. The maximum atomic E-state index is 11.5. The number of hydrogen-bond acceptors (Lipinski definition) is 7. The second-order valence-corrected chi connectivity index (χ2v) is 7.80. The van der Waals surface area contributed by atoms with Crippen LogP contribution in [0.15, 0.2) is 36.4 Å². The number of carbonyl (C=O) groups excluding carboxylic acids is 1.